The maximum absolute atomic E-state index is 13.7. The fourth-order valence-corrected chi connectivity index (χ4v) is 3.51. The van der Waals surface area contributed by atoms with E-state index >= 15 is 0 Å². The van der Waals surface area contributed by atoms with Crippen molar-refractivity contribution < 1.29 is 17.6 Å². The molecule has 2 aromatic rings. The summed E-state index contributed by atoms with van der Waals surface area (Å²) in [6.45, 7) is 2.89. The zero-order chi connectivity index (χ0) is 16.4. The van der Waals surface area contributed by atoms with Crippen LogP contribution in [0.2, 0.25) is 0 Å². The number of sulfonamides is 1. The molecule has 0 saturated heterocycles. The molecule has 4 nitrogen and oxygen atoms in total. The molecule has 0 fully saturated rings. The van der Waals surface area contributed by atoms with E-state index in [1.54, 1.807) is 30.3 Å². The summed E-state index contributed by atoms with van der Waals surface area (Å²) < 4.78 is 40.6. The molecule has 0 atom stereocenters. The van der Waals surface area contributed by atoms with Crippen molar-refractivity contribution in [1.82, 2.24) is 4.72 Å². The van der Waals surface area contributed by atoms with Crippen LogP contribution >= 0.6 is 0 Å². The maximum atomic E-state index is 13.7. The average Bonchev–Trinajstić information content (AvgIpc) is 2.46. The second-order valence-corrected chi connectivity index (χ2v) is 7.01. The van der Waals surface area contributed by atoms with Crippen molar-refractivity contribution in [2.45, 2.75) is 24.3 Å². The molecule has 0 amide bonds. The van der Waals surface area contributed by atoms with E-state index < -0.39 is 32.1 Å². The molecular weight excluding hydrogens is 305 g/mol. The first kappa shape index (κ1) is 16.3. The molecule has 0 saturated carbocycles. The fraction of sp³-hybridized carbons (Fsp3) is 0.188. The molecule has 2 rings (SSSR count). The van der Waals surface area contributed by atoms with Crippen LogP contribution in [0.25, 0.3) is 0 Å². The topological polar surface area (TPSA) is 63.2 Å². The van der Waals surface area contributed by atoms with Crippen molar-refractivity contribution in [2.24, 2.45) is 0 Å². The largest absolute Gasteiger partial charge is 0.292 e. The van der Waals surface area contributed by atoms with Crippen LogP contribution in [0.3, 0.4) is 0 Å². The number of nitrogens with one attached hydrogen (secondary N) is 1. The second kappa shape index (κ2) is 5.98. The molecule has 0 aliphatic heterocycles. The number of Topliss-reactive ketones (excluding diaryl/α,β-unsaturated/α-hetero) is 1. The third-order valence-corrected chi connectivity index (χ3v) is 4.81. The standard InChI is InChI=1S/C16H16FNO3S/c1-16(2,15(19)12-8-4-3-5-9-12)18-22(20,21)14-11-7-6-10-13(14)17/h3-11,18H,1-2H3. The molecule has 1 N–H and O–H groups in total. The van der Waals surface area contributed by atoms with Crippen LogP contribution in [0.1, 0.15) is 24.2 Å². The highest BCUT2D eigenvalue weighted by atomic mass is 32.2. The van der Waals surface area contributed by atoms with Crippen molar-refractivity contribution in [2.75, 3.05) is 0 Å². The Kier molecular flexibility index (Phi) is 4.44. The van der Waals surface area contributed by atoms with Gasteiger partial charge >= 0.3 is 0 Å². The van der Waals surface area contributed by atoms with Crippen molar-refractivity contribution >= 4 is 15.8 Å². The summed E-state index contributed by atoms with van der Waals surface area (Å²) in [5.41, 5.74) is -1.02. The molecule has 0 radical (unpaired) electrons. The number of rotatable bonds is 5. The summed E-state index contributed by atoms with van der Waals surface area (Å²) in [6, 6.07) is 13.4. The van der Waals surface area contributed by atoms with E-state index in [-0.39, 0.29) is 0 Å². The molecule has 0 spiro atoms. The first-order valence-electron chi connectivity index (χ1n) is 6.62. The number of carbonyl (C=O) groups excluding carboxylic acids is 1. The van der Waals surface area contributed by atoms with Gasteiger partial charge in [-0.3, -0.25) is 4.79 Å². The number of hydrogen-bond acceptors (Lipinski definition) is 3. The Balaban J connectivity index is 2.32. The van der Waals surface area contributed by atoms with Gasteiger partial charge < -0.3 is 0 Å². The normalized spacial score (nSPS) is 12.1. The summed E-state index contributed by atoms with van der Waals surface area (Å²) in [6.07, 6.45) is 0. The average molecular weight is 321 g/mol. The maximum Gasteiger partial charge on any atom is 0.244 e. The van der Waals surface area contributed by atoms with Gasteiger partial charge in [0.2, 0.25) is 10.0 Å². The Morgan fingerprint density at radius 1 is 1.00 bits per heavy atom. The third-order valence-electron chi connectivity index (χ3n) is 3.12. The highest BCUT2D eigenvalue weighted by Gasteiger charge is 2.34. The van der Waals surface area contributed by atoms with E-state index in [4.69, 9.17) is 0 Å². The predicted molar refractivity (Wildman–Crippen MR) is 81.6 cm³/mol. The minimum Gasteiger partial charge on any atom is -0.292 e. The second-order valence-electron chi connectivity index (χ2n) is 5.36. The summed E-state index contributed by atoms with van der Waals surface area (Å²) in [7, 11) is -4.15. The molecule has 2 aromatic carbocycles. The van der Waals surface area contributed by atoms with Crippen LogP contribution in [-0.4, -0.2) is 19.7 Å². The van der Waals surface area contributed by atoms with Crippen LogP contribution in [0.15, 0.2) is 59.5 Å². The Morgan fingerprint density at radius 2 is 1.55 bits per heavy atom. The van der Waals surface area contributed by atoms with Gasteiger partial charge in [0, 0.05) is 5.56 Å². The fourth-order valence-electron chi connectivity index (χ4n) is 2.05. The lowest BCUT2D eigenvalue weighted by atomic mass is 9.94. The molecule has 0 heterocycles. The van der Waals surface area contributed by atoms with Crippen molar-refractivity contribution in [3.63, 3.8) is 0 Å². The SMILES string of the molecule is CC(C)(NS(=O)(=O)c1ccccc1F)C(=O)c1ccccc1. The monoisotopic (exact) mass is 321 g/mol. The zero-order valence-corrected chi connectivity index (χ0v) is 13.0. The summed E-state index contributed by atoms with van der Waals surface area (Å²) in [5.74, 6) is -1.26. The Labute approximate surface area is 129 Å². The number of ketones is 1. The number of benzene rings is 2. The van der Waals surface area contributed by atoms with E-state index in [1.165, 1.54) is 26.0 Å². The lowest BCUT2D eigenvalue weighted by Crippen LogP contribution is -2.49. The first-order valence-corrected chi connectivity index (χ1v) is 8.11. The minimum atomic E-state index is -4.15. The van der Waals surface area contributed by atoms with Gasteiger partial charge in [0.1, 0.15) is 10.7 Å². The number of carbonyl (C=O) groups is 1. The summed E-state index contributed by atoms with van der Waals surface area (Å²) in [5, 5.41) is 0. The van der Waals surface area contributed by atoms with Gasteiger partial charge in [0.05, 0.1) is 5.54 Å². The molecule has 6 heteroatoms. The van der Waals surface area contributed by atoms with Crippen molar-refractivity contribution in [1.29, 1.82) is 0 Å². The third kappa shape index (κ3) is 3.40. The Hall–Kier alpha value is -2.05. The van der Waals surface area contributed by atoms with Gasteiger partial charge in [-0.25, -0.2) is 12.8 Å². The van der Waals surface area contributed by atoms with Crippen LogP contribution in [0.5, 0.6) is 0 Å². The Morgan fingerprint density at radius 3 is 2.14 bits per heavy atom. The van der Waals surface area contributed by atoms with E-state index in [1.807, 2.05) is 0 Å². The van der Waals surface area contributed by atoms with Crippen LogP contribution < -0.4 is 4.72 Å². The molecule has 0 unspecified atom stereocenters. The van der Waals surface area contributed by atoms with Crippen LogP contribution in [0.4, 0.5) is 4.39 Å². The molecule has 0 aliphatic carbocycles. The smallest absolute Gasteiger partial charge is 0.244 e. The quantitative estimate of drug-likeness (QED) is 0.861. The summed E-state index contributed by atoms with van der Waals surface area (Å²) in [4.78, 5) is 12.0. The van der Waals surface area contributed by atoms with Crippen molar-refractivity contribution in [3.8, 4) is 0 Å². The lowest BCUT2D eigenvalue weighted by molar-refractivity contribution is 0.0901. The molecule has 22 heavy (non-hydrogen) atoms. The molecular formula is C16H16FNO3S. The highest BCUT2D eigenvalue weighted by molar-refractivity contribution is 7.89. The van der Waals surface area contributed by atoms with Gasteiger partial charge in [-0.15, -0.1) is 0 Å². The van der Waals surface area contributed by atoms with Crippen LogP contribution in [-0.2, 0) is 10.0 Å². The molecule has 116 valence electrons. The summed E-state index contributed by atoms with van der Waals surface area (Å²) >= 11 is 0. The van der Waals surface area contributed by atoms with Gasteiger partial charge in [0.15, 0.2) is 5.78 Å². The van der Waals surface area contributed by atoms with E-state index in [0.29, 0.717) is 5.56 Å². The van der Waals surface area contributed by atoms with E-state index in [0.717, 1.165) is 12.1 Å². The van der Waals surface area contributed by atoms with E-state index in [9.17, 15) is 17.6 Å². The highest BCUT2D eigenvalue weighted by Crippen LogP contribution is 2.19. The Bertz CT molecular complexity index is 786. The van der Waals surface area contributed by atoms with Crippen LogP contribution in [0, 0.1) is 5.82 Å². The van der Waals surface area contributed by atoms with Crippen molar-refractivity contribution in [3.05, 3.63) is 66.0 Å². The molecule has 0 aliphatic rings. The first-order chi connectivity index (χ1) is 10.2. The molecule has 0 aromatic heterocycles. The lowest BCUT2D eigenvalue weighted by Gasteiger charge is -2.24. The van der Waals surface area contributed by atoms with E-state index in [2.05, 4.69) is 4.72 Å². The minimum absolute atomic E-state index is 0.378. The molecule has 0 bridgehead atoms. The number of hydrogen-bond donors (Lipinski definition) is 1. The zero-order valence-electron chi connectivity index (χ0n) is 12.2. The predicted octanol–water partition coefficient (Wildman–Crippen LogP) is 2.77. The van der Waals surface area contributed by atoms with Gasteiger partial charge in [-0.05, 0) is 26.0 Å². The number of halogens is 1. The van der Waals surface area contributed by atoms with Gasteiger partial charge in [-0.1, -0.05) is 42.5 Å². The van der Waals surface area contributed by atoms with Gasteiger partial charge in [0.25, 0.3) is 0 Å². The van der Waals surface area contributed by atoms with Gasteiger partial charge in [-0.2, -0.15) is 4.72 Å².